The Balaban J connectivity index is 2.07. The Hall–Kier alpha value is -3.73. The third-order valence-electron chi connectivity index (χ3n) is 4.72. The Bertz CT molecular complexity index is 1020. The highest BCUT2D eigenvalue weighted by Crippen LogP contribution is 2.19. The molecule has 32 heavy (non-hydrogen) atoms. The van der Waals surface area contributed by atoms with E-state index >= 15 is 0 Å². The minimum Gasteiger partial charge on any atom is -0.454 e. The number of halogens is 1. The van der Waals surface area contributed by atoms with E-state index in [-0.39, 0.29) is 24.6 Å². The summed E-state index contributed by atoms with van der Waals surface area (Å²) >= 11 is 0. The number of esters is 1. The second kappa shape index (κ2) is 11.6. The number of carbonyl (C=O) groups excluding carboxylic acids is 3. The van der Waals surface area contributed by atoms with E-state index in [0.717, 1.165) is 10.5 Å². The van der Waals surface area contributed by atoms with E-state index in [2.05, 4.69) is 5.32 Å². The largest absolute Gasteiger partial charge is 0.454 e. The van der Waals surface area contributed by atoms with Crippen molar-refractivity contribution in [1.82, 2.24) is 5.32 Å². The summed E-state index contributed by atoms with van der Waals surface area (Å²) in [5.74, 6) is -2.81. The van der Waals surface area contributed by atoms with Crippen LogP contribution in [0.4, 0.5) is 10.1 Å². The van der Waals surface area contributed by atoms with Crippen LogP contribution in [0, 0.1) is 30.0 Å². The molecule has 168 valence electrons. The summed E-state index contributed by atoms with van der Waals surface area (Å²) in [7, 11) is 0. The van der Waals surface area contributed by atoms with E-state index in [1.54, 1.807) is 38.1 Å². The number of nitriles is 1. The van der Waals surface area contributed by atoms with Crippen LogP contribution in [-0.4, -0.2) is 37.0 Å². The summed E-state index contributed by atoms with van der Waals surface area (Å²) in [6, 6.07) is 13.5. The number of nitrogens with zero attached hydrogens (tertiary/aromatic N) is 2. The highest BCUT2D eigenvalue weighted by atomic mass is 19.1. The molecule has 0 aromatic heterocycles. The molecule has 2 aromatic rings. The zero-order valence-corrected chi connectivity index (χ0v) is 18.3. The molecule has 1 N–H and O–H groups in total. The fraction of sp³-hybridized carbons (Fsp3) is 0.333. The number of nitrogens with one attached hydrogen (secondary N) is 1. The van der Waals surface area contributed by atoms with Crippen molar-refractivity contribution in [3.05, 3.63) is 65.5 Å². The number of aryl methyl sites for hydroxylation is 1. The van der Waals surface area contributed by atoms with Gasteiger partial charge in [0.15, 0.2) is 6.61 Å². The number of rotatable bonds is 9. The molecule has 0 heterocycles. The van der Waals surface area contributed by atoms with Crippen molar-refractivity contribution in [3.63, 3.8) is 0 Å². The molecule has 2 rings (SSSR count). The van der Waals surface area contributed by atoms with Crippen LogP contribution in [0.3, 0.4) is 0 Å². The first-order chi connectivity index (χ1) is 15.2. The van der Waals surface area contributed by atoms with E-state index in [0.29, 0.717) is 5.56 Å². The van der Waals surface area contributed by atoms with Gasteiger partial charge in [-0.3, -0.25) is 9.59 Å². The molecule has 0 aliphatic heterocycles. The zero-order chi connectivity index (χ0) is 23.7. The number of carbonyl (C=O) groups is 3. The summed E-state index contributed by atoms with van der Waals surface area (Å²) in [4.78, 5) is 38.9. The molecule has 1 unspecified atom stereocenters. The van der Waals surface area contributed by atoms with E-state index in [1.165, 1.54) is 18.2 Å². The van der Waals surface area contributed by atoms with Crippen molar-refractivity contribution in [1.29, 1.82) is 5.26 Å². The van der Waals surface area contributed by atoms with Crippen LogP contribution in [0.1, 0.15) is 36.2 Å². The maximum absolute atomic E-state index is 14.2. The average Bonchev–Trinajstić information content (AvgIpc) is 2.76. The van der Waals surface area contributed by atoms with Crippen LogP contribution in [-0.2, 0) is 14.3 Å². The van der Waals surface area contributed by atoms with Crippen LogP contribution in [0.25, 0.3) is 0 Å². The number of anilines is 1. The van der Waals surface area contributed by atoms with Crippen LogP contribution in [0.5, 0.6) is 0 Å². The van der Waals surface area contributed by atoms with Gasteiger partial charge in [0, 0.05) is 12.1 Å². The number of ether oxygens (including phenoxy) is 1. The Morgan fingerprint density at radius 1 is 1.16 bits per heavy atom. The molecule has 0 radical (unpaired) electrons. The summed E-state index contributed by atoms with van der Waals surface area (Å²) in [6.45, 7) is 4.63. The van der Waals surface area contributed by atoms with Gasteiger partial charge in [-0.15, -0.1) is 0 Å². The van der Waals surface area contributed by atoms with Crippen molar-refractivity contribution in [2.75, 3.05) is 18.1 Å². The van der Waals surface area contributed by atoms with E-state index in [9.17, 15) is 18.8 Å². The molecule has 2 aromatic carbocycles. The highest BCUT2D eigenvalue weighted by molar-refractivity contribution is 5.98. The monoisotopic (exact) mass is 439 g/mol. The van der Waals surface area contributed by atoms with Crippen molar-refractivity contribution in [2.45, 2.75) is 33.2 Å². The smallest absolute Gasteiger partial charge is 0.329 e. The second-order valence-electron chi connectivity index (χ2n) is 7.58. The Labute approximate surface area is 186 Å². The lowest BCUT2D eigenvalue weighted by molar-refractivity contribution is -0.150. The van der Waals surface area contributed by atoms with E-state index in [1.807, 2.05) is 19.1 Å². The van der Waals surface area contributed by atoms with Crippen LogP contribution < -0.4 is 10.2 Å². The van der Waals surface area contributed by atoms with Gasteiger partial charge in [-0.25, -0.2) is 9.18 Å². The number of hydrogen-bond donors (Lipinski definition) is 1. The minimum atomic E-state index is -0.975. The zero-order valence-electron chi connectivity index (χ0n) is 18.3. The SMILES string of the molecule is Cc1cccc(C(=O)NC(C(=O)OCC(=O)N(CCC#N)c2ccccc2F)C(C)C)c1. The molecule has 0 bridgehead atoms. The molecule has 7 nitrogen and oxygen atoms in total. The van der Waals surface area contributed by atoms with Crippen molar-refractivity contribution in [3.8, 4) is 6.07 Å². The standard InChI is InChI=1S/C24H26FN3O4/c1-16(2)22(27-23(30)18-9-6-8-17(3)14-18)24(31)32-15-21(29)28(13-7-12-26)20-11-5-4-10-19(20)25/h4-6,8-11,14,16,22H,7,13,15H2,1-3H3,(H,27,30). The lowest BCUT2D eigenvalue weighted by atomic mass is 10.0. The normalized spacial score (nSPS) is 11.4. The number of hydrogen-bond acceptors (Lipinski definition) is 5. The quantitative estimate of drug-likeness (QED) is 0.604. The Morgan fingerprint density at radius 3 is 2.50 bits per heavy atom. The summed E-state index contributed by atoms with van der Waals surface area (Å²) in [6.07, 6.45) is -0.0187. The lowest BCUT2D eigenvalue weighted by Crippen LogP contribution is -2.46. The lowest BCUT2D eigenvalue weighted by Gasteiger charge is -2.24. The van der Waals surface area contributed by atoms with Crippen LogP contribution in [0.15, 0.2) is 48.5 Å². The average molecular weight is 439 g/mol. The number of benzene rings is 2. The molecule has 0 aliphatic rings. The van der Waals surface area contributed by atoms with Gasteiger partial charge in [-0.2, -0.15) is 5.26 Å². The van der Waals surface area contributed by atoms with E-state index < -0.39 is 36.2 Å². The number of para-hydroxylation sites is 1. The molecule has 0 saturated carbocycles. The first-order valence-corrected chi connectivity index (χ1v) is 10.2. The fourth-order valence-electron chi connectivity index (χ4n) is 3.02. The topological polar surface area (TPSA) is 99.5 Å². The summed E-state index contributed by atoms with van der Waals surface area (Å²) in [5, 5.41) is 11.5. The van der Waals surface area contributed by atoms with E-state index in [4.69, 9.17) is 10.00 Å². The van der Waals surface area contributed by atoms with Gasteiger partial charge in [0.05, 0.1) is 18.2 Å². The summed E-state index contributed by atoms with van der Waals surface area (Å²) in [5.41, 5.74) is 1.30. The van der Waals surface area contributed by atoms with Crippen LogP contribution >= 0.6 is 0 Å². The predicted octanol–water partition coefficient (Wildman–Crippen LogP) is 3.38. The van der Waals surface area contributed by atoms with Gasteiger partial charge < -0.3 is 15.0 Å². The third kappa shape index (κ3) is 6.64. The molecule has 8 heteroatoms. The molecule has 1 atom stereocenters. The Morgan fingerprint density at radius 2 is 1.88 bits per heavy atom. The fourth-order valence-corrected chi connectivity index (χ4v) is 3.02. The van der Waals surface area contributed by atoms with Gasteiger partial charge >= 0.3 is 5.97 Å². The number of amides is 2. The van der Waals surface area contributed by atoms with Crippen molar-refractivity contribution >= 4 is 23.5 Å². The molecule has 0 aliphatic carbocycles. The van der Waals surface area contributed by atoms with Gasteiger partial charge in [0.2, 0.25) is 0 Å². The first-order valence-electron chi connectivity index (χ1n) is 10.2. The predicted molar refractivity (Wildman–Crippen MR) is 117 cm³/mol. The third-order valence-corrected chi connectivity index (χ3v) is 4.72. The van der Waals surface area contributed by atoms with Gasteiger partial charge in [-0.1, -0.05) is 43.7 Å². The summed E-state index contributed by atoms with van der Waals surface area (Å²) < 4.78 is 19.3. The maximum atomic E-state index is 14.2. The highest BCUT2D eigenvalue weighted by Gasteiger charge is 2.28. The molecule has 0 spiro atoms. The molecule has 0 fully saturated rings. The van der Waals surface area contributed by atoms with Crippen molar-refractivity contribution < 1.29 is 23.5 Å². The second-order valence-corrected chi connectivity index (χ2v) is 7.58. The molecular formula is C24H26FN3O4. The molecule has 2 amide bonds. The van der Waals surface area contributed by atoms with Crippen LogP contribution in [0.2, 0.25) is 0 Å². The van der Waals surface area contributed by atoms with Crippen molar-refractivity contribution in [2.24, 2.45) is 5.92 Å². The molecule has 0 saturated heterocycles. The minimum absolute atomic E-state index is 0.00282. The maximum Gasteiger partial charge on any atom is 0.329 e. The van der Waals surface area contributed by atoms with Gasteiger partial charge in [0.1, 0.15) is 11.9 Å². The van der Waals surface area contributed by atoms with Gasteiger partial charge in [0.25, 0.3) is 11.8 Å². The molecular weight excluding hydrogens is 413 g/mol. The van der Waals surface area contributed by atoms with Gasteiger partial charge in [-0.05, 0) is 37.1 Å². The first kappa shape index (κ1) is 24.5. The Kier molecular flexibility index (Phi) is 8.90.